The molecule has 2 amide bonds. The standard InChI is InChI=1S/C24H28N2O2S/c1-2-28-15-9-14-22-23-21(18-29-22)25(16-19-10-5-3-6-11-19)24(27)26(23)17-20-12-7-4-8-13-20/h3-8,10-14,21,23H,2,9,15-18H2,1H3/b22-14-. The zero-order chi connectivity index (χ0) is 20.1. The van der Waals surface area contributed by atoms with E-state index in [-0.39, 0.29) is 18.1 Å². The van der Waals surface area contributed by atoms with Gasteiger partial charge in [-0.05, 0) is 24.5 Å². The molecule has 0 aromatic heterocycles. The van der Waals surface area contributed by atoms with E-state index in [1.165, 1.54) is 16.0 Å². The largest absolute Gasteiger partial charge is 0.381 e. The molecule has 5 heteroatoms. The summed E-state index contributed by atoms with van der Waals surface area (Å²) in [6, 6.07) is 21.1. The first kappa shape index (κ1) is 20.0. The average molecular weight is 409 g/mol. The van der Waals surface area contributed by atoms with Gasteiger partial charge in [-0.15, -0.1) is 11.8 Å². The third kappa shape index (κ3) is 4.51. The number of thioether (sulfide) groups is 1. The van der Waals surface area contributed by atoms with Gasteiger partial charge in [-0.1, -0.05) is 66.7 Å². The van der Waals surface area contributed by atoms with Crippen LogP contribution in [0.2, 0.25) is 0 Å². The van der Waals surface area contributed by atoms with Crippen molar-refractivity contribution in [3.8, 4) is 0 Å². The topological polar surface area (TPSA) is 32.8 Å². The SMILES string of the molecule is CCOCC/C=C1\SCC2C1N(Cc1ccccc1)C(=O)N2Cc1ccccc1. The van der Waals surface area contributed by atoms with Crippen molar-refractivity contribution in [2.45, 2.75) is 38.5 Å². The summed E-state index contributed by atoms with van der Waals surface area (Å²) >= 11 is 1.89. The minimum atomic E-state index is 0.137. The predicted molar refractivity (Wildman–Crippen MR) is 119 cm³/mol. The molecule has 4 rings (SSSR count). The van der Waals surface area contributed by atoms with Crippen LogP contribution in [-0.2, 0) is 17.8 Å². The van der Waals surface area contributed by atoms with Gasteiger partial charge in [-0.25, -0.2) is 4.79 Å². The van der Waals surface area contributed by atoms with Crippen molar-refractivity contribution in [2.75, 3.05) is 19.0 Å². The Bertz CT molecular complexity index is 840. The second-order valence-corrected chi connectivity index (χ2v) is 8.52. The average Bonchev–Trinajstić information content (AvgIpc) is 3.27. The summed E-state index contributed by atoms with van der Waals surface area (Å²) < 4.78 is 5.50. The third-order valence-corrected chi connectivity index (χ3v) is 6.76. The van der Waals surface area contributed by atoms with Crippen LogP contribution < -0.4 is 0 Å². The van der Waals surface area contributed by atoms with Crippen LogP contribution in [0.1, 0.15) is 24.5 Å². The van der Waals surface area contributed by atoms with Crippen molar-refractivity contribution < 1.29 is 9.53 Å². The summed E-state index contributed by atoms with van der Waals surface area (Å²) in [5.41, 5.74) is 2.35. The van der Waals surface area contributed by atoms with Crippen LogP contribution in [-0.4, -0.2) is 46.9 Å². The lowest BCUT2D eigenvalue weighted by Crippen LogP contribution is -2.35. The number of fused-ring (bicyclic) bond motifs is 1. The Morgan fingerprint density at radius 3 is 2.24 bits per heavy atom. The van der Waals surface area contributed by atoms with Crippen molar-refractivity contribution in [1.29, 1.82) is 0 Å². The van der Waals surface area contributed by atoms with Gasteiger partial charge >= 0.3 is 6.03 Å². The van der Waals surface area contributed by atoms with Crippen molar-refractivity contribution in [3.63, 3.8) is 0 Å². The van der Waals surface area contributed by atoms with E-state index in [0.29, 0.717) is 13.1 Å². The molecule has 0 spiro atoms. The molecule has 2 fully saturated rings. The molecule has 0 radical (unpaired) electrons. The number of hydrogen-bond acceptors (Lipinski definition) is 3. The summed E-state index contributed by atoms with van der Waals surface area (Å²) in [7, 11) is 0. The summed E-state index contributed by atoms with van der Waals surface area (Å²) in [6.07, 6.45) is 3.17. The van der Waals surface area contributed by atoms with Crippen molar-refractivity contribution in [3.05, 3.63) is 82.8 Å². The lowest BCUT2D eigenvalue weighted by molar-refractivity contribution is 0.152. The maximum atomic E-state index is 13.4. The van der Waals surface area contributed by atoms with E-state index in [1.54, 1.807) is 0 Å². The molecule has 0 N–H and O–H groups in total. The molecule has 0 aliphatic carbocycles. The van der Waals surface area contributed by atoms with Crippen LogP contribution in [0.15, 0.2) is 71.6 Å². The minimum absolute atomic E-state index is 0.137. The predicted octanol–water partition coefficient (Wildman–Crippen LogP) is 4.92. The van der Waals surface area contributed by atoms with Crippen LogP contribution >= 0.6 is 11.8 Å². The molecule has 2 aromatic carbocycles. The second-order valence-electron chi connectivity index (χ2n) is 7.42. The first-order chi connectivity index (χ1) is 14.3. The Morgan fingerprint density at radius 1 is 1.00 bits per heavy atom. The maximum Gasteiger partial charge on any atom is 0.321 e. The number of carbonyl (C=O) groups is 1. The highest BCUT2D eigenvalue weighted by atomic mass is 32.2. The Balaban J connectivity index is 1.57. The maximum absolute atomic E-state index is 13.4. The lowest BCUT2D eigenvalue weighted by Gasteiger charge is -2.23. The molecule has 2 atom stereocenters. The Hall–Kier alpha value is -2.24. The molecular weight excluding hydrogens is 380 g/mol. The van der Waals surface area contributed by atoms with Crippen LogP contribution in [0.25, 0.3) is 0 Å². The molecule has 2 heterocycles. The van der Waals surface area contributed by atoms with E-state index in [1.807, 2.05) is 55.1 Å². The summed E-state index contributed by atoms with van der Waals surface area (Å²) in [4.78, 5) is 18.9. The van der Waals surface area contributed by atoms with E-state index in [0.717, 1.165) is 25.4 Å². The molecule has 0 bridgehead atoms. The van der Waals surface area contributed by atoms with Crippen LogP contribution in [0.3, 0.4) is 0 Å². The van der Waals surface area contributed by atoms with E-state index < -0.39 is 0 Å². The van der Waals surface area contributed by atoms with Gasteiger partial charge in [0.2, 0.25) is 0 Å². The van der Waals surface area contributed by atoms with Gasteiger partial charge in [0, 0.05) is 30.4 Å². The van der Waals surface area contributed by atoms with Gasteiger partial charge in [0.15, 0.2) is 0 Å². The van der Waals surface area contributed by atoms with Crippen LogP contribution in [0.5, 0.6) is 0 Å². The zero-order valence-corrected chi connectivity index (χ0v) is 17.7. The normalized spacial score (nSPS) is 22.5. The molecule has 2 unspecified atom stereocenters. The third-order valence-electron chi connectivity index (χ3n) is 5.51. The molecular formula is C24H28N2O2S. The molecule has 0 saturated carbocycles. The fourth-order valence-corrected chi connectivity index (χ4v) is 5.53. The van der Waals surface area contributed by atoms with Crippen molar-refractivity contribution in [2.24, 2.45) is 0 Å². The van der Waals surface area contributed by atoms with Crippen LogP contribution in [0.4, 0.5) is 4.79 Å². The molecule has 2 aliphatic rings. The second kappa shape index (κ2) is 9.51. The van der Waals surface area contributed by atoms with Gasteiger partial charge < -0.3 is 14.5 Å². The Kier molecular flexibility index (Phi) is 6.57. The quantitative estimate of drug-likeness (QED) is 0.459. The highest BCUT2D eigenvalue weighted by Crippen LogP contribution is 2.43. The Morgan fingerprint density at radius 2 is 1.62 bits per heavy atom. The number of carbonyl (C=O) groups excluding carboxylic acids is 1. The van der Waals surface area contributed by atoms with Gasteiger partial charge in [-0.3, -0.25) is 0 Å². The van der Waals surface area contributed by atoms with E-state index >= 15 is 0 Å². The highest BCUT2D eigenvalue weighted by molar-refractivity contribution is 8.03. The minimum Gasteiger partial charge on any atom is -0.381 e. The Labute approximate surface area is 177 Å². The van der Waals surface area contributed by atoms with Gasteiger partial charge in [0.1, 0.15) is 0 Å². The molecule has 2 saturated heterocycles. The van der Waals surface area contributed by atoms with E-state index in [2.05, 4.69) is 40.1 Å². The molecule has 2 aliphatic heterocycles. The number of rotatable bonds is 8. The van der Waals surface area contributed by atoms with Crippen molar-refractivity contribution in [1.82, 2.24) is 9.80 Å². The summed E-state index contributed by atoms with van der Waals surface area (Å²) in [5, 5.41) is 0. The monoisotopic (exact) mass is 408 g/mol. The highest BCUT2D eigenvalue weighted by Gasteiger charge is 2.50. The van der Waals surface area contributed by atoms with Gasteiger partial charge in [0.25, 0.3) is 0 Å². The number of ether oxygens (including phenoxy) is 1. The number of nitrogens with zero attached hydrogens (tertiary/aromatic N) is 2. The fraction of sp³-hybridized carbons (Fsp3) is 0.375. The summed E-state index contributed by atoms with van der Waals surface area (Å²) in [5.74, 6) is 0.953. The number of benzene rings is 2. The van der Waals surface area contributed by atoms with E-state index in [4.69, 9.17) is 4.74 Å². The molecule has 2 aromatic rings. The molecule has 29 heavy (non-hydrogen) atoms. The molecule has 152 valence electrons. The number of amides is 2. The first-order valence-corrected chi connectivity index (χ1v) is 11.3. The smallest absolute Gasteiger partial charge is 0.321 e. The van der Waals surface area contributed by atoms with Gasteiger partial charge in [0.05, 0.1) is 18.7 Å². The zero-order valence-electron chi connectivity index (χ0n) is 16.9. The number of hydrogen-bond donors (Lipinski definition) is 0. The fourth-order valence-electron chi connectivity index (χ4n) is 4.11. The molecule has 4 nitrogen and oxygen atoms in total. The van der Waals surface area contributed by atoms with Crippen LogP contribution in [0, 0.1) is 0 Å². The van der Waals surface area contributed by atoms with E-state index in [9.17, 15) is 4.79 Å². The summed E-state index contributed by atoms with van der Waals surface area (Å²) in [6.45, 7) is 4.81. The van der Waals surface area contributed by atoms with Gasteiger partial charge in [-0.2, -0.15) is 0 Å². The first-order valence-electron chi connectivity index (χ1n) is 10.3. The van der Waals surface area contributed by atoms with Crippen molar-refractivity contribution >= 4 is 17.8 Å². The number of urea groups is 1. The lowest BCUT2D eigenvalue weighted by atomic mass is 10.1.